The van der Waals surface area contributed by atoms with Gasteiger partial charge >= 0.3 is 0 Å². The number of nitrogens with zero attached hydrogens (tertiary/aromatic N) is 2. The van der Waals surface area contributed by atoms with Gasteiger partial charge in [-0.25, -0.2) is 9.97 Å². The van der Waals surface area contributed by atoms with Crippen molar-refractivity contribution in [1.29, 1.82) is 0 Å². The number of aliphatic hydroxyl groups is 1. The second-order valence-corrected chi connectivity index (χ2v) is 6.25. The Labute approximate surface area is 137 Å². The van der Waals surface area contributed by atoms with E-state index in [0.717, 1.165) is 25.3 Å². The lowest BCUT2D eigenvalue weighted by Gasteiger charge is -2.35. The van der Waals surface area contributed by atoms with Crippen molar-refractivity contribution in [3.8, 4) is 0 Å². The molecule has 3 atom stereocenters. The first-order valence-electron chi connectivity index (χ1n) is 8.21. The van der Waals surface area contributed by atoms with Crippen molar-refractivity contribution in [1.82, 2.24) is 9.97 Å². The zero-order valence-corrected chi connectivity index (χ0v) is 14.2. The van der Waals surface area contributed by atoms with Gasteiger partial charge in [0.15, 0.2) is 0 Å². The van der Waals surface area contributed by atoms with Crippen LogP contribution in [-0.2, 0) is 9.47 Å². The average Bonchev–Trinajstić information content (AvgIpc) is 2.54. The molecule has 130 valence electrons. The monoisotopic (exact) mass is 324 g/mol. The number of aliphatic hydroxyl groups excluding tert-OH is 1. The highest BCUT2D eigenvalue weighted by Gasteiger charge is 2.28. The van der Waals surface area contributed by atoms with Crippen molar-refractivity contribution in [3.63, 3.8) is 0 Å². The molecule has 7 heteroatoms. The summed E-state index contributed by atoms with van der Waals surface area (Å²) in [4.78, 5) is 8.46. The van der Waals surface area contributed by atoms with E-state index >= 15 is 0 Å². The third kappa shape index (κ3) is 5.60. The SMILES string of the molecule is COC[C@H](O)CNc1cc(N[C@@H]2CCCO[C@@H]2C(C)C)ncn1. The van der Waals surface area contributed by atoms with Crippen LogP contribution in [0.3, 0.4) is 0 Å². The zero-order chi connectivity index (χ0) is 16.7. The normalized spacial score (nSPS) is 22.8. The number of ether oxygens (including phenoxy) is 2. The van der Waals surface area contributed by atoms with Crippen LogP contribution in [0.5, 0.6) is 0 Å². The van der Waals surface area contributed by atoms with Gasteiger partial charge in [0.2, 0.25) is 0 Å². The average molecular weight is 324 g/mol. The van der Waals surface area contributed by atoms with Crippen LogP contribution in [0.2, 0.25) is 0 Å². The van der Waals surface area contributed by atoms with Crippen molar-refractivity contribution in [2.45, 2.75) is 44.9 Å². The Kier molecular flexibility index (Phi) is 7.01. The van der Waals surface area contributed by atoms with Gasteiger partial charge in [-0.3, -0.25) is 0 Å². The predicted octanol–water partition coefficient (Wildman–Crippen LogP) is 1.51. The van der Waals surface area contributed by atoms with Gasteiger partial charge in [0.25, 0.3) is 0 Å². The molecule has 7 nitrogen and oxygen atoms in total. The summed E-state index contributed by atoms with van der Waals surface area (Å²) in [6, 6.07) is 2.11. The summed E-state index contributed by atoms with van der Waals surface area (Å²) >= 11 is 0. The Bertz CT molecular complexity index is 472. The molecular weight excluding hydrogens is 296 g/mol. The lowest BCUT2D eigenvalue weighted by Crippen LogP contribution is -2.43. The van der Waals surface area contributed by atoms with Gasteiger partial charge in [-0.2, -0.15) is 0 Å². The molecule has 1 aromatic heterocycles. The molecule has 0 saturated carbocycles. The fraction of sp³-hybridized carbons (Fsp3) is 0.750. The van der Waals surface area contributed by atoms with Gasteiger partial charge in [-0.1, -0.05) is 13.8 Å². The quantitative estimate of drug-likeness (QED) is 0.668. The fourth-order valence-electron chi connectivity index (χ4n) is 2.81. The van der Waals surface area contributed by atoms with E-state index in [2.05, 4.69) is 34.4 Å². The second kappa shape index (κ2) is 9.00. The number of aromatic nitrogens is 2. The van der Waals surface area contributed by atoms with Crippen molar-refractivity contribution in [2.24, 2.45) is 5.92 Å². The third-order valence-electron chi connectivity index (χ3n) is 3.90. The van der Waals surface area contributed by atoms with Crippen LogP contribution >= 0.6 is 0 Å². The van der Waals surface area contributed by atoms with E-state index in [9.17, 15) is 5.11 Å². The lowest BCUT2D eigenvalue weighted by molar-refractivity contribution is -0.0203. The molecule has 23 heavy (non-hydrogen) atoms. The van der Waals surface area contributed by atoms with Crippen molar-refractivity contribution >= 4 is 11.6 Å². The molecule has 1 saturated heterocycles. The number of methoxy groups -OCH3 is 1. The van der Waals surface area contributed by atoms with E-state index in [1.54, 1.807) is 7.11 Å². The van der Waals surface area contributed by atoms with Crippen LogP contribution in [-0.4, -0.2) is 60.2 Å². The van der Waals surface area contributed by atoms with Crippen LogP contribution in [0.15, 0.2) is 12.4 Å². The maximum Gasteiger partial charge on any atom is 0.131 e. The maximum atomic E-state index is 9.67. The first-order chi connectivity index (χ1) is 11.1. The van der Waals surface area contributed by atoms with Crippen LogP contribution in [0, 0.1) is 5.92 Å². The summed E-state index contributed by atoms with van der Waals surface area (Å²) in [5, 5.41) is 16.2. The highest BCUT2D eigenvalue weighted by molar-refractivity contribution is 5.47. The number of hydrogen-bond donors (Lipinski definition) is 3. The van der Waals surface area contributed by atoms with Gasteiger partial charge < -0.3 is 25.2 Å². The molecular formula is C16H28N4O3. The van der Waals surface area contributed by atoms with E-state index < -0.39 is 6.10 Å². The van der Waals surface area contributed by atoms with E-state index in [-0.39, 0.29) is 12.1 Å². The van der Waals surface area contributed by atoms with Crippen LogP contribution in [0.1, 0.15) is 26.7 Å². The fourth-order valence-corrected chi connectivity index (χ4v) is 2.81. The lowest BCUT2D eigenvalue weighted by atomic mass is 9.94. The molecule has 1 aliphatic rings. The molecule has 1 aliphatic heterocycles. The van der Waals surface area contributed by atoms with Gasteiger partial charge in [0.1, 0.15) is 18.0 Å². The van der Waals surface area contributed by atoms with Crippen molar-refractivity contribution < 1.29 is 14.6 Å². The summed E-state index contributed by atoms with van der Waals surface area (Å²) in [5.74, 6) is 1.90. The number of rotatable bonds is 8. The summed E-state index contributed by atoms with van der Waals surface area (Å²) in [7, 11) is 1.56. The predicted molar refractivity (Wildman–Crippen MR) is 89.6 cm³/mol. The molecule has 0 aliphatic carbocycles. The minimum absolute atomic E-state index is 0.193. The minimum atomic E-state index is -0.566. The van der Waals surface area contributed by atoms with Gasteiger partial charge in [0, 0.05) is 26.3 Å². The molecule has 0 bridgehead atoms. The van der Waals surface area contributed by atoms with Crippen LogP contribution < -0.4 is 10.6 Å². The van der Waals surface area contributed by atoms with Crippen LogP contribution in [0.25, 0.3) is 0 Å². The largest absolute Gasteiger partial charge is 0.389 e. The molecule has 0 amide bonds. The van der Waals surface area contributed by atoms with Gasteiger partial charge in [-0.15, -0.1) is 0 Å². The molecule has 3 N–H and O–H groups in total. The Morgan fingerprint density at radius 3 is 2.91 bits per heavy atom. The minimum Gasteiger partial charge on any atom is -0.389 e. The highest BCUT2D eigenvalue weighted by atomic mass is 16.5. The molecule has 0 spiro atoms. The maximum absolute atomic E-state index is 9.67. The molecule has 2 rings (SSSR count). The first-order valence-corrected chi connectivity index (χ1v) is 8.21. The zero-order valence-electron chi connectivity index (χ0n) is 14.2. The number of anilines is 2. The smallest absolute Gasteiger partial charge is 0.131 e. The number of hydrogen-bond acceptors (Lipinski definition) is 7. The van der Waals surface area contributed by atoms with Gasteiger partial charge in [-0.05, 0) is 18.8 Å². The Balaban J connectivity index is 1.93. The van der Waals surface area contributed by atoms with Gasteiger partial charge in [0.05, 0.1) is 24.9 Å². The molecule has 1 fully saturated rings. The molecule has 1 aromatic rings. The molecule has 0 radical (unpaired) electrons. The van der Waals surface area contributed by atoms with Crippen LogP contribution in [0.4, 0.5) is 11.6 Å². The van der Waals surface area contributed by atoms with E-state index in [1.807, 2.05) is 6.07 Å². The summed E-state index contributed by atoms with van der Waals surface area (Å²) in [6.07, 6.45) is 3.27. The Morgan fingerprint density at radius 2 is 2.17 bits per heavy atom. The second-order valence-electron chi connectivity index (χ2n) is 6.25. The first kappa shape index (κ1) is 17.9. The number of nitrogens with one attached hydrogen (secondary N) is 2. The van der Waals surface area contributed by atoms with Crippen molar-refractivity contribution in [3.05, 3.63) is 12.4 Å². The highest BCUT2D eigenvalue weighted by Crippen LogP contribution is 2.23. The van der Waals surface area contributed by atoms with E-state index in [0.29, 0.717) is 24.9 Å². The third-order valence-corrected chi connectivity index (χ3v) is 3.90. The Hall–Kier alpha value is -1.44. The van der Waals surface area contributed by atoms with Crippen molar-refractivity contribution in [2.75, 3.05) is 37.5 Å². The topological polar surface area (TPSA) is 88.5 Å². The molecule has 0 aromatic carbocycles. The molecule has 0 unspecified atom stereocenters. The molecule has 2 heterocycles. The van der Waals surface area contributed by atoms with E-state index in [4.69, 9.17) is 9.47 Å². The van der Waals surface area contributed by atoms with E-state index in [1.165, 1.54) is 6.33 Å². The summed E-state index contributed by atoms with van der Waals surface area (Å²) in [6.45, 7) is 5.85. The standard InChI is InChI=1S/C16H28N4O3/c1-11(2)16-13(5-4-6-23-16)20-15-7-14(18-10-19-15)17-8-12(21)9-22-3/h7,10-13,16,21H,4-6,8-9H2,1-3H3,(H2,17,18,19,20)/t12-,13-,16-/m1/s1. The summed E-state index contributed by atoms with van der Waals surface area (Å²) in [5.41, 5.74) is 0. The summed E-state index contributed by atoms with van der Waals surface area (Å²) < 4.78 is 10.8. The Morgan fingerprint density at radius 1 is 1.39 bits per heavy atom.